The van der Waals surface area contributed by atoms with Gasteiger partial charge in [0.25, 0.3) is 0 Å². The molecule has 1 aromatic carbocycles. The lowest BCUT2D eigenvalue weighted by Gasteiger charge is -2.10. The molecule has 1 aliphatic rings. The Morgan fingerprint density at radius 3 is 2.64 bits per heavy atom. The van der Waals surface area contributed by atoms with Crippen LogP contribution in [0.25, 0.3) is 0 Å². The van der Waals surface area contributed by atoms with Gasteiger partial charge in [0, 0.05) is 0 Å². The highest BCUT2D eigenvalue weighted by Crippen LogP contribution is 2.45. The molecule has 1 aromatic rings. The van der Waals surface area contributed by atoms with Crippen molar-refractivity contribution in [1.82, 2.24) is 0 Å². The molecule has 0 amide bonds. The maximum absolute atomic E-state index is 11.9. The van der Waals surface area contributed by atoms with E-state index in [1.807, 2.05) is 0 Å². The van der Waals surface area contributed by atoms with Gasteiger partial charge >= 0.3 is 6.61 Å². The highest BCUT2D eigenvalue weighted by atomic mass is 19.3. The van der Waals surface area contributed by atoms with Gasteiger partial charge in [-0.25, -0.2) is 0 Å². The van der Waals surface area contributed by atoms with Crippen molar-refractivity contribution >= 4 is 0 Å². The van der Waals surface area contributed by atoms with E-state index in [0.717, 1.165) is 0 Å². The van der Waals surface area contributed by atoms with Crippen molar-refractivity contribution < 1.29 is 18.6 Å². The Labute approximate surface area is 80.1 Å². The lowest BCUT2D eigenvalue weighted by Crippen LogP contribution is -2.06. The molecule has 76 valence electrons. The second kappa shape index (κ2) is 3.20. The zero-order valence-corrected chi connectivity index (χ0v) is 7.41. The van der Waals surface area contributed by atoms with Crippen molar-refractivity contribution in [1.29, 1.82) is 0 Å². The molecule has 1 N–H and O–H groups in total. The van der Waals surface area contributed by atoms with Gasteiger partial charge in [-0.05, 0) is 30.5 Å². The third-order valence-corrected chi connectivity index (χ3v) is 2.32. The largest absolute Gasteiger partial charge is 0.435 e. The van der Waals surface area contributed by atoms with Gasteiger partial charge < -0.3 is 9.84 Å². The Bertz CT molecular complexity index is 335. The van der Waals surface area contributed by atoms with Crippen LogP contribution in [0.2, 0.25) is 0 Å². The molecular weight excluding hydrogens is 190 g/mol. The van der Waals surface area contributed by atoms with Crippen molar-refractivity contribution in [3.63, 3.8) is 0 Å². The number of ether oxygens (including phenoxy) is 1. The SMILES string of the molecule is OC1(c2cccc(OC(F)F)c2)CC1. The van der Waals surface area contributed by atoms with E-state index < -0.39 is 12.2 Å². The van der Waals surface area contributed by atoms with Crippen LogP contribution in [-0.2, 0) is 5.60 Å². The monoisotopic (exact) mass is 200 g/mol. The summed E-state index contributed by atoms with van der Waals surface area (Å²) >= 11 is 0. The van der Waals surface area contributed by atoms with Crippen LogP contribution < -0.4 is 4.74 Å². The first-order chi connectivity index (χ1) is 6.60. The summed E-state index contributed by atoms with van der Waals surface area (Å²) in [5.41, 5.74) is -0.155. The second-order valence-corrected chi connectivity index (χ2v) is 3.44. The van der Waals surface area contributed by atoms with Gasteiger partial charge in [0.05, 0.1) is 5.60 Å². The Balaban J connectivity index is 2.19. The van der Waals surface area contributed by atoms with Gasteiger partial charge in [-0.15, -0.1) is 0 Å². The molecule has 0 saturated heterocycles. The minimum absolute atomic E-state index is 0.0952. The number of aliphatic hydroxyl groups is 1. The minimum Gasteiger partial charge on any atom is -0.435 e. The average molecular weight is 200 g/mol. The van der Waals surface area contributed by atoms with Crippen LogP contribution in [0.5, 0.6) is 5.75 Å². The molecule has 1 fully saturated rings. The molecule has 0 unspecified atom stereocenters. The van der Waals surface area contributed by atoms with Gasteiger partial charge in [-0.1, -0.05) is 12.1 Å². The molecule has 1 saturated carbocycles. The van der Waals surface area contributed by atoms with E-state index in [1.165, 1.54) is 12.1 Å². The number of benzene rings is 1. The number of rotatable bonds is 3. The molecule has 0 bridgehead atoms. The lowest BCUT2D eigenvalue weighted by atomic mass is 10.1. The highest BCUT2D eigenvalue weighted by Gasteiger charge is 2.42. The molecule has 14 heavy (non-hydrogen) atoms. The third-order valence-electron chi connectivity index (χ3n) is 2.32. The number of halogens is 2. The van der Waals surface area contributed by atoms with Crippen LogP contribution in [0, 0.1) is 0 Å². The van der Waals surface area contributed by atoms with Crippen molar-refractivity contribution in [2.75, 3.05) is 0 Å². The summed E-state index contributed by atoms with van der Waals surface area (Å²) in [4.78, 5) is 0. The van der Waals surface area contributed by atoms with E-state index >= 15 is 0 Å². The molecule has 0 atom stereocenters. The summed E-state index contributed by atoms with van der Waals surface area (Å²) < 4.78 is 28.0. The molecule has 0 heterocycles. The first-order valence-corrected chi connectivity index (χ1v) is 4.38. The number of alkyl halides is 2. The summed E-state index contributed by atoms with van der Waals surface area (Å²) in [6.45, 7) is -2.82. The van der Waals surface area contributed by atoms with E-state index in [0.29, 0.717) is 18.4 Å². The molecule has 0 aromatic heterocycles. The zero-order valence-electron chi connectivity index (χ0n) is 7.41. The molecule has 0 aliphatic heterocycles. The summed E-state index contributed by atoms with van der Waals surface area (Å²) in [7, 11) is 0. The van der Waals surface area contributed by atoms with Gasteiger partial charge in [-0.2, -0.15) is 8.78 Å². The number of hydrogen-bond acceptors (Lipinski definition) is 2. The summed E-state index contributed by atoms with van der Waals surface area (Å²) in [5, 5.41) is 9.72. The molecule has 1 aliphatic carbocycles. The summed E-state index contributed by atoms with van der Waals surface area (Å²) in [6, 6.07) is 6.22. The second-order valence-electron chi connectivity index (χ2n) is 3.44. The predicted octanol–water partition coefficient (Wildman–Crippen LogP) is 2.27. The topological polar surface area (TPSA) is 29.5 Å². The quantitative estimate of drug-likeness (QED) is 0.811. The van der Waals surface area contributed by atoms with E-state index in [-0.39, 0.29) is 5.75 Å². The molecular formula is C10H10F2O2. The molecule has 2 nitrogen and oxygen atoms in total. The van der Waals surface area contributed by atoms with Crippen LogP contribution >= 0.6 is 0 Å². The van der Waals surface area contributed by atoms with Crippen LogP contribution in [0.1, 0.15) is 18.4 Å². The Morgan fingerprint density at radius 1 is 1.36 bits per heavy atom. The normalized spacial score (nSPS) is 18.3. The first kappa shape index (κ1) is 9.40. The summed E-state index contributed by atoms with van der Waals surface area (Å²) in [6.07, 6.45) is 1.37. The average Bonchev–Trinajstić information content (AvgIpc) is 2.84. The van der Waals surface area contributed by atoms with Gasteiger partial charge in [0.15, 0.2) is 0 Å². The van der Waals surface area contributed by atoms with E-state index in [2.05, 4.69) is 4.74 Å². The van der Waals surface area contributed by atoms with Crippen molar-refractivity contribution in [3.05, 3.63) is 29.8 Å². The smallest absolute Gasteiger partial charge is 0.387 e. The third kappa shape index (κ3) is 1.85. The van der Waals surface area contributed by atoms with Crippen molar-refractivity contribution in [3.8, 4) is 5.75 Å². The Morgan fingerprint density at radius 2 is 2.07 bits per heavy atom. The fourth-order valence-corrected chi connectivity index (χ4v) is 1.37. The van der Waals surface area contributed by atoms with Crippen molar-refractivity contribution in [2.24, 2.45) is 0 Å². The van der Waals surface area contributed by atoms with Gasteiger partial charge in [0.2, 0.25) is 0 Å². The van der Waals surface area contributed by atoms with Gasteiger partial charge in [-0.3, -0.25) is 0 Å². The zero-order chi connectivity index (χ0) is 10.2. The van der Waals surface area contributed by atoms with Crippen LogP contribution in [0.15, 0.2) is 24.3 Å². The lowest BCUT2D eigenvalue weighted by molar-refractivity contribution is -0.0500. The predicted molar refractivity (Wildman–Crippen MR) is 46.2 cm³/mol. The molecule has 2 rings (SSSR count). The maximum atomic E-state index is 11.9. The van der Waals surface area contributed by atoms with Crippen LogP contribution in [0.3, 0.4) is 0 Å². The molecule has 0 radical (unpaired) electrons. The maximum Gasteiger partial charge on any atom is 0.387 e. The fourth-order valence-electron chi connectivity index (χ4n) is 1.37. The standard InChI is InChI=1S/C10H10F2O2/c11-9(12)14-8-3-1-2-7(6-8)10(13)4-5-10/h1-3,6,9,13H,4-5H2. The molecule has 4 heteroatoms. The number of hydrogen-bond donors (Lipinski definition) is 1. The van der Waals surface area contributed by atoms with E-state index in [9.17, 15) is 13.9 Å². The first-order valence-electron chi connectivity index (χ1n) is 4.38. The molecule has 0 spiro atoms. The minimum atomic E-state index is -2.82. The Kier molecular flexibility index (Phi) is 2.15. The fraction of sp³-hybridized carbons (Fsp3) is 0.400. The van der Waals surface area contributed by atoms with Crippen molar-refractivity contribution in [2.45, 2.75) is 25.1 Å². The summed E-state index contributed by atoms with van der Waals surface area (Å²) in [5.74, 6) is 0.0952. The Hall–Kier alpha value is -1.16. The van der Waals surface area contributed by atoms with Gasteiger partial charge in [0.1, 0.15) is 5.75 Å². The van der Waals surface area contributed by atoms with Crippen LogP contribution in [0.4, 0.5) is 8.78 Å². The van der Waals surface area contributed by atoms with E-state index in [4.69, 9.17) is 0 Å². The van der Waals surface area contributed by atoms with Crippen LogP contribution in [-0.4, -0.2) is 11.7 Å². The van der Waals surface area contributed by atoms with E-state index in [1.54, 1.807) is 12.1 Å². The highest BCUT2D eigenvalue weighted by molar-refractivity contribution is 5.35.